The lowest BCUT2D eigenvalue weighted by Crippen LogP contribution is -2.40. The number of rotatable bonds is 7. The summed E-state index contributed by atoms with van der Waals surface area (Å²) in [4.78, 5) is 8.86. The summed E-state index contributed by atoms with van der Waals surface area (Å²) in [5.74, 6) is 0.577. The average Bonchev–Trinajstić information content (AvgIpc) is 3.14. The van der Waals surface area contributed by atoms with Crippen molar-refractivity contribution in [3.63, 3.8) is 0 Å². The molecule has 0 bridgehead atoms. The van der Waals surface area contributed by atoms with E-state index in [0.29, 0.717) is 15.9 Å². The Balaban J connectivity index is 1.93. The van der Waals surface area contributed by atoms with E-state index in [1.165, 1.54) is 16.8 Å². The van der Waals surface area contributed by atoms with Crippen LogP contribution in [-0.4, -0.2) is 44.4 Å². The molecule has 0 aliphatic rings. The molecule has 7 nitrogen and oxygen atoms in total. The molecule has 0 aliphatic carbocycles. The van der Waals surface area contributed by atoms with Gasteiger partial charge in [-0.1, -0.05) is 24.3 Å². The van der Waals surface area contributed by atoms with E-state index in [1.807, 2.05) is 0 Å². The van der Waals surface area contributed by atoms with Crippen molar-refractivity contribution >= 4 is 22.9 Å². The monoisotopic (exact) mass is 467 g/mol. The first-order valence-corrected chi connectivity index (χ1v) is 9.59. The number of nitrogens with two attached hydrogens (primary N) is 1. The molecule has 2 aromatic heterocycles. The molecule has 33 heavy (non-hydrogen) atoms. The molecule has 12 heteroatoms. The van der Waals surface area contributed by atoms with E-state index < -0.39 is 24.1 Å². The average molecular weight is 467 g/mol. The van der Waals surface area contributed by atoms with E-state index in [0.717, 1.165) is 17.3 Å². The lowest BCUT2D eigenvalue weighted by atomic mass is 9.86. The van der Waals surface area contributed by atoms with Gasteiger partial charge < -0.3 is 0 Å². The summed E-state index contributed by atoms with van der Waals surface area (Å²) >= 11 is 0. The van der Waals surface area contributed by atoms with Gasteiger partial charge in [-0.3, -0.25) is 9.52 Å². The van der Waals surface area contributed by atoms with Crippen LogP contribution in [0.5, 0.6) is 0 Å². The predicted molar refractivity (Wildman–Crippen MR) is 109 cm³/mol. The minimum Gasteiger partial charge on any atom is -0.260 e. The summed E-state index contributed by atoms with van der Waals surface area (Å²) < 4.78 is 66.6. The van der Waals surface area contributed by atoms with E-state index in [2.05, 4.69) is 16.2 Å². The van der Waals surface area contributed by atoms with Crippen LogP contribution < -0.4 is 5.90 Å². The van der Waals surface area contributed by atoms with Crippen molar-refractivity contribution in [2.75, 3.05) is 6.73 Å². The second-order valence-corrected chi connectivity index (χ2v) is 7.86. The van der Waals surface area contributed by atoms with Crippen LogP contribution in [0.4, 0.5) is 27.8 Å². The van der Waals surface area contributed by atoms with Crippen LogP contribution in [0.2, 0.25) is 0 Å². The van der Waals surface area contributed by atoms with E-state index in [9.17, 15) is 27.2 Å². The van der Waals surface area contributed by atoms with Crippen LogP contribution in [0, 0.1) is 11.3 Å². The van der Waals surface area contributed by atoms with Crippen molar-refractivity contribution < 1.29 is 31.4 Å². The Morgan fingerprint density at radius 3 is 2.39 bits per heavy atom. The van der Waals surface area contributed by atoms with Crippen LogP contribution in [0.3, 0.4) is 0 Å². The largest absolute Gasteiger partial charge is 0.455 e. The lowest BCUT2D eigenvalue weighted by molar-refractivity contribution is -0.491. The maximum atomic E-state index is 13.4. The maximum Gasteiger partial charge on any atom is 0.455 e. The summed E-state index contributed by atoms with van der Waals surface area (Å²) in [5, 5.41) is 13.2. The molecule has 0 aliphatic heterocycles. The lowest BCUT2D eigenvalue weighted by Gasteiger charge is -2.19. The number of benzene rings is 1. The molecular weight excluding hydrogens is 447 g/mol. The Hall–Kier alpha value is -3.43. The van der Waals surface area contributed by atoms with Gasteiger partial charge in [-0.25, -0.2) is 10.5 Å². The molecule has 2 N–H and O–H groups in total. The summed E-state index contributed by atoms with van der Waals surface area (Å²) in [6.07, 6.45) is -1.71. The van der Waals surface area contributed by atoms with Gasteiger partial charge in [-0.05, 0) is 24.4 Å². The number of pyridine rings is 1. The molecule has 0 saturated heterocycles. The number of nitrogens with zero attached hydrogens (tertiary/aromatic N) is 5. The van der Waals surface area contributed by atoms with Crippen LogP contribution >= 0.6 is 0 Å². The van der Waals surface area contributed by atoms with Crippen LogP contribution in [0.25, 0.3) is 10.9 Å². The number of alkyl halides is 5. The topological polar surface area (TPSA) is 92.8 Å². The quantitative estimate of drug-likeness (QED) is 0.186. The maximum absolute atomic E-state index is 13.4. The molecule has 0 spiro atoms. The minimum atomic E-state index is -5.69. The predicted octanol–water partition coefficient (Wildman–Crippen LogP) is 4.04. The molecule has 0 radical (unpaired) electrons. The molecule has 0 amide bonds. The fraction of sp³-hybridized carbons (Fsp3) is 0.333. The van der Waals surface area contributed by atoms with Gasteiger partial charge in [0.05, 0.1) is 17.7 Å². The van der Waals surface area contributed by atoms with Gasteiger partial charge in [0.1, 0.15) is 18.3 Å². The molecule has 0 saturated carbocycles. The number of aromatic nitrogens is 3. The molecule has 0 unspecified atom stereocenters. The van der Waals surface area contributed by atoms with Gasteiger partial charge in [-0.15, -0.1) is 0 Å². The fourth-order valence-electron chi connectivity index (χ4n) is 3.01. The van der Waals surface area contributed by atoms with Crippen LogP contribution in [0.15, 0.2) is 42.7 Å². The minimum absolute atomic E-state index is 0.0133. The van der Waals surface area contributed by atoms with E-state index >= 15 is 0 Å². The van der Waals surface area contributed by atoms with Crippen molar-refractivity contribution in [3.05, 3.63) is 53.9 Å². The number of nitriles is 1. The highest BCUT2D eigenvalue weighted by Crippen LogP contribution is 2.37. The molecule has 3 rings (SSSR count). The third kappa shape index (κ3) is 5.15. The molecule has 0 atom stereocenters. The summed E-state index contributed by atoms with van der Waals surface area (Å²) in [5.41, 5.74) is 0.909. The highest BCUT2D eigenvalue weighted by Gasteiger charge is 2.58. The first kappa shape index (κ1) is 24.2. The molecular formula is C21H20F5N6O+. The second kappa shape index (κ2) is 8.84. The number of fused-ring (bicyclic) bond motifs is 1. The Morgan fingerprint density at radius 2 is 1.82 bits per heavy atom. The van der Waals surface area contributed by atoms with Gasteiger partial charge >= 0.3 is 17.9 Å². The Bertz CT molecular complexity index is 1210. The van der Waals surface area contributed by atoms with E-state index in [-0.39, 0.29) is 12.2 Å². The van der Waals surface area contributed by atoms with E-state index in [4.69, 9.17) is 10.7 Å². The molecule has 3 aromatic rings. The van der Waals surface area contributed by atoms with Crippen molar-refractivity contribution in [1.82, 2.24) is 14.8 Å². The number of hydrogen-bond donors (Lipinski definition) is 1. The highest BCUT2D eigenvalue weighted by atomic mass is 19.4. The van der Waals surface area contributed by atoms with Crippen LogP contribution in [-0.2, 0) is 16.8 Å². The number of halogens is 5. The van der Waals surface area contributed by atoms with Gasteiger partial charge in [0.2, 0.25) is 6.73 Å². The van der Waals surface area contributed by atoms with Gasteiger partial charge in [-0.2, -0.15) is 32.3 Å². The Morgan fingerprint density at radius 1 is 1.15 bits per heavy atom. The summed E-state index contributed by atoms with van der Waals surface area (Å²) in [7, 11) is 0. The second-order valence-electron chi connectivity index (χ2n) is 7.86. The smallest absolute Gasteiger partial charge is 0.260 e. The number of hydrogen-bond acceptors (Lipinski definition) is 5. The zero-order valence-corrected chi connectivity index (χ0v) is 17.6. The van der Waals surface area contributed by atoms with Gasteiger partial charge in [0.25, 0.3) is 0 Å². The van der Waals surface area contributed by atoms with Crippen LogP contribution in [0.1, 0.15) is 25.0 Å². The van der Waals surface area contributed by atoms with Crippen molar-refractivity contribution in [2.45, 2.75) is 37.9 Å². The van der Waals surface area contributed by atoms with Gasteiger partial charge in [0.15, 0.2) is 6.20 Å². The normalized spacial score (nSPS) is 13.4. The first-order valence-electron chi connectivity index (χ1n) is 9.59. The summed E-state index contributed by atoms with van der Waals surface area (Å²) in [6, 6.07) is 10.9. The molecule has 174 valence electrons. The van der Waals surface area contributed by atoms with E-state index in [1.54, 1.807) is 44.3 Å². The highest BCUT2D eigenvalue weighted by molar-refractivity contribution is 5.80. The molecule has 2 heterocycles. The summed E-state index contributed by atoms with van der Waals surface area (Å²) in [6.45, 7) is 1.81. The third-order valence-corrected chi connectivity index (χ3v) is 5.00. The van der Waals surface area contributed by atoms with Gasteiger partial charge in [0, 0.05) is 17.0 Å². The zero-order chi connectivity index (χ0) is 24.4. The SMILES string of the molecule is CC(C)(C#N)c1ccc(C=[N+](CON)c2cc3cnn(CC(F)(F)C(F)(F)F)c3cn2)cc1. The van der Waals surface area contributed by atoms with Crippen molar-refractivity contribution in [3.8, 4) is 6.07 Å². The Labute approximate surface area is 185 Å². The standard InChI is InChI=1S/C21H20F5N6O/c1-19(2,11-27)16-5-3-14(4-6-16)10-31(13-33-28)18-7-15-8-30-32(17(15)9-29-18)12-20(22,23)21(24,25)26/h3-10H,12-13,28H2,1-2H3/q+1. The fourth-order valence-corrected chi connectivity index (χ4v) is 3.01. The zero-order valence-electron chi connectivity index (χ0n) is 17.6. The molecule has 1 aromatic carbocycles. The molecule has 0 fully saturated rings. The van der Waals surface area contributed by atoms with Crippen molar-refractivity contribution in [1.29, 1.82) is 5.26 Å². The Kier molecular flexibility index (Phi) is 6.49. The van der Waals surface area contributed by atoms with Crippen molar-refractivity contribution in [2.24, 2.45) is 5.90 Å². The third-order valence-electron chi connectivity index (χ3n) is 5.00. The first-order chi connectivity index (χ1) is 15.4.